The van der Waals surface area contributed by atoms with E-state index in [-0.39, 0.29) is 5.97 Å². The highest BCUT2D eigenvalue weighted by molar-refractivity contribution is 7.23. The second-order valence-corrected chi connectivity index (χ2v) is 7.09. The Labute approximate surface area is 126 Å². The van der Waals surface area contributed by atoms with Crippen molar-refractivity contribution in [1.82, 2.24) is 0 Å². The van der Waals surface area contributed by atoms with Crippen molar-refractivity contribution >= 4 is 34.3 Å². The van der Waals surface area contributed by atoms with Crippen LogP contribution >= 0.6 is 22.7 Å². The molecule has 0 fully saturated rings. The van der Waals surface area contributed by atoms with Crippen molar-refractivity contribution in [3.8, 4) is 9.75 Å². The second kappa shape index (κ2) is 5.22. The van der Waals surface area contributed by atoms with E-state index in [1.165, 1.54) is 45.9 Å². The van der Waals surface area contributed by atoms with Gasteiger partial charge in [-0.2, -0.15) is 0 Å². The molecule has 0 radical (unpaired) electrons. The molecule has 1 aliphatic rings. The molecule has 2 heterocycles. The van der Waals surface area contributed by atoms with E-state index in [0.717, 1.165) is 10.4 Å². The molecule has 0 unspecified atom stereocenters. The summed E-state index contributed by atoms with van der Waals surface area (Å²) in [5.74, 6) is -0.312. The number of aryl methyl sites for hydroxylation is 2. The van der Waals surface area contributed by atoms with Gasteiger partial charge in [0.1, 0.15) is 4.88 Å². The van der Waals surface area contributed by atoms with Gasteiger partial charge in [-0.1, -0.05) is 0 Å². The summed E-state index contributed by atoms with van der Waals surface area (Å²) in [6.07, 6.45) is 3.63. The number of thiophene rings is 2. The number of fused-ring (bicyclic) bond motifs is 1. The van der Waals surface area contributed by atoms with Crippen molar-refractivity contribution in [3.05, 3.63) is 26.9 Å². The maximum Gasteiger partial charge on any atom is 0.350 e. The van der Waals surface area contributed by atoms with Gasteiger partial charge < -0.3 is 10.5 Å². The first-order valence-corrected chi connectivity index (χ1v) is 8.43. The summed E-state index contributed by atoms with van der Waals surface area (Å²) in [6, 6.07) is 2.26. The smallest absolute Gasteiger partial charge is 0.350 e. The Balaban J connectivity index is 2.01. The number of nitrogens with two attached hydrogens (primary N) is 1. The quantitative estimate of drug-likeness (QED) is 0.871. The molecule has 5 heteroatoms. The highest BCUT2D eigenvalue weighted by Crippen LogP contribution is 2.44. The number of hydrogen-bond donors (Lipinski definition) is 1. The Hall–Kier alpha value is -1.33. The molecule has 20 heavy (non-hydrogen) atoms. The minimum atomic E-state index is -0.312. The Morgan fingerprint density at radius 1 is 1.40 bits per heavy atom. The summed E-state index contributed by atoms with van der Waals surface area (Å²) in [5.41, 5.74) is 9.11. The van der Waals surface area contributed by atoms with Crippen LogP contribution in [0.3, 0.4) is 0 Å². The lowest BCUT2D eigenvalue weighted by atomic mass is 10.2. The molecule has 0 aliphatic heterocycles. The summed E-state index contributed by atoms with van der Waals surface area (Å²) in [5, 5.41) is 0. The molecule has 0 bridgehead atoms. The van der Waals surface area contributed by atoms with E-state index in [9.17, 15) is 4.79 Å². The van der Waals surface area contributed by atoms with Crippen LogP contribution < -0.4 is 5.73 Å². The van der Waals surface area contributed by atoms with Crippen LogP contribution in [0.5, 0.6) is 0 Å². The summed E-state index contributed by atoms with van der Waals surface area (Å²) < 4.78 is 5.07. The van der Waals surface area contributed by atoms with E-state index in [1.807, 2.05) is 18.3 Å². The van der Waals surface area contributed by atoms with Crippen LogP contribution in [0.25, 0.3) is 9.75 Å². The van der Waals surface area contributed by atoms with Crippen molar-refractivity contribution in [2.45, 2.75) is 33.1 Å². The van der Waals surface area contributed by atoms with Gasteiger partial charge in [0.15, 0.2) is 0 Å². The zero-order valence-corrected chi connectivity index (χ0v) is 13.2. The van der Waals surface area contributed by atoms with Crippen LogP contribution in [0.2, 0.25) is 0 Å². The van der Waals surface area contributed by atoms with Gasteiger partial charge in [0.2, 0.25) is 0 Å². The topological polar surface area (TPSA) is 52.3 Å². The molecule has 0 saturated carbocycles. The van der Waals surface area contributed by atoms with Gasteiger partial charge >= 0.3 is 5.97 Å². The number of carbonyl (C=O) groups excluding carboxylic acids is 1. The first-order valence-electron chi connectivity index (χ1n) is 6.79. The van der Waals surface area contributed by atoms with E-state index in [4.69, 9.17) is 10.5 Å². The summed E-state index contributed by atoms with van der Waals surface area (Å²) >= 11 is 3.29. The summed E-state index contributed by atoms with van der Waals surface area (Å²) in [7, 11) is 0. The monoisotopic (exact) mass is 307 g/mol. The third-order valence-corrected chi connectivity index (χ3v) is 6.33. The molecule has 0 amide bonds. The Morgan fingerprint density at radius 2 is 2.20 bits per heavy atom. The van der Waals surface area contributed by atoms with Gasteiger partial charge in [0.25, 0.3) is 0 Å². The summed E-state index contributed by atoms with van der Waals surface area (Å²) in [4.78, 5) is 16.3. The minimum absolute atomic E-state index is 0.312. The standard InChI is InChI=1S/C15H17NO2S2/c1-3-18-15(17)14-12(16)8(2)13(20-14)11-7-9-5-4-6-10(9)19-11/h7H,3-6,16H2,1-2H3. The lowest BCUT2D eigenvalue weighted by Gasteiger charge is -1.99. The lowest BCUT2D eigenvalue weighted by Crippen LogP contribution is -2.05. The minimum Gasteiger partial charge on any atom is -0.462 e. The fraction of sp³-hybridized carbons (Fsp3) is 0.400. The number of ether oxygens (including phenoxy) is 1. The third kappa shape index (κ3) is 2.15. The fourth-order valence-electron chi connectivity index (χ4n) is 2.55. The van der Waals surface area contributed by atoms with E-state index in [1.54, 1.807) is 6.92 Å². The third-order valence-electron chi connectivity index (χ3n) is 3.62. The van der Waals surface area contributed by atoms with Crippen LogP contribution in [0.1, 0.15) is 39.0 Å². The second-order valence-electron chi connectivity index (χ2n) is 4.93. The average Bonchev–Trinajstić information content (AvgIpc) is 3.05. The number of carbonyl (C=O) groups is 1. The zero-order valence-electron chi connectivity index (χ0n) is 11.6. The number of esters is 1. The maximum atomic E-state index is 11.9. The number of anilines is 1. The first kappa shape index (κ1) is 13.6. The van der Waals surface area contributed by atoms with Crippen molar-refractivity contribution in [3.63, 3.8) is 0 Å². The molecule has 1 aliphatic carbocycles. The van der Waals surface area contributed by atoms with Crippen molar-refractivity contribution in [2.75, 3.05) is 12.3 Å². The van der Waals surface area contributed by atoms with Gasteiger partial charge in [-0.15, -0.1) is 22.7 Å². The fourth-order valence-corrected chi connectivity index (χ4v) is 5.08. The van der Waals surface area contributed by atoms with Crippen LogP contribution in [-0.4, -0.2) is 12.6 Å². The Bertz CT molecular complexity index is 648. The molecular weight excluding hydrogens is 290 g/mol. The molecule has 106 valence electrons. The molecule has 0 spiro atoms. The lowest BCUT2D eigenvalue weighted by molar-refractivity contribution is 0.0533. The van der Waals surface area contributed by atoms with E-state index >= 15 is 0 Å². The van der Waals surface area contributed by atoms with Gasteiger partial charge in [-0.05, 0) is 50.3 Å². The highest BCUT2D eigenvalue weighted by atomic mass is 32.1. The molecule has 3 rings (SSSR count). The maximum absolute atomic E-state index is 11.9. The normalized spacial score (nSPS) is 13.5. The van der Waals surface area contributed by atoms with Crippen molar-refractivity contribution in [1.29, 1.82) is 0 Å². The van der Waals surface area contributed by atoms with Crippen molar-refractivity contribution in [2.24, 2.45) is 0 Å². The van der Waals surface area contributed by atoms with E-state index < -0.39 is 0 Å². The molecule has 3 nitrogen and oxygen atoms in total. The molecule has 2 aromatic heterocycles. The molecule has 0 atom stereocenters. The SMILES string of the molecule is CCOC(=O)c1sc(-c2cc3c(s2)CCC3)c(C)c1N. The van der Waals surface area contributed by atoms with Gasteiger partial charge in [0, 0.05) is 9.75 Å². The number of nitrogen functional groups attached to an aromatic ring is 1. The zero-order chi connectivity index (χ0) is 14.3. The molecule has 2 aromatic rings. The van der Waals surface area contributed by atoms with Crippen molar-refractivity contribution < 1.29 is 9.53 Å². The highest BCUT2D eigenvalue weighted by Gasteiger charge is 2.23. The van der Waals surface area contributed by atoms with Crippen LogP contribution in [-0.2, 0) is 17.6 Å². The average molecular weight is 307 g/mol. The molecule has 0 aromatic carbocycles. The predicted octanol–water partition coefficient (Wildman–Crippen LogP) is 4.03. The predicted molar refractivity (Wildman–Crippen MR) is 84.8 cm³/mol. The van der Waals surface area contributed by atoms with Gasteiger partial charge in [0.05, 0.1) is 17.2 Å². The molecule has 0 saturated heterocycles. The molecular formula is C15H17NO2S2. The first-order chi connectivity index (χ1) is 9.61. The number of hydrogen-bond acceptors (Lipinski definition) is 5. The van der Waals surface area contributed by atoms with E-state index in [2.05, 4.69) is 6.07 Å². The van der Waals surface area contributed by atoms with Crippen LogP contribution in [0.4, 0.5) is 5.69 Å². The molecule has 2 N–H and O–H groups in total. The largest absolute Gasteiger partial charge is 0.462 e. The van der Waals surface area contributed by atoms with E-state index in [0.29, 0.717) is 17.2 Å². The van der Waals surface area contributed by atoms with Gasteiger partial charge in [-0.25, -0.2) is 4.79 Å². The van der Waals surface area contributed by atoms with Crippen LogP contribution in [0, 0.1) is 6.92 Å². The van der Waals surface area contributed by atoms with Gasteiger partial charge in [-0.3, -0.25) is 0 Å². The Morgan fingerprint density at radius 3 is 2.90 bits per heavy atom. The Kier molecular flexibility index (Phi) is 3.56. The van der Waals surface area contributed by atoms with Crippen LogP contribution in [0.15, 0.2) is 6.07 Å². The number of rotatable bonds is 3. The summed E-state index contributed by atoms with van der Waals surface area (Å²) in [6.45, 7) is 4.16.